The number of hydrogen-bond acceptors (Lipinski definition) is 3. The van der Waals surface area contributed by atoms with Gasteiger partial charge in [-0.3, -0.25) is 0 Å². The molecule has 0 aliphatic heterocycles. The summed E-state index contributed by atoms with van der Waals surface area (Å²) in [7, 11) is 0. The summed E-state index contributed by atoms with van der Waals surface area (Å²) in [5.74, 6) is 0.834. The SMILES string of the molecule is Cc1cc(NCc2ccccc2)ncc1[C@@H](C)O. The summed E-state index contributed by atoms with van der Waals surface area (Å²) in [6.45, 7) is 4.49. The number of anilines is 1. The Bertz CT molecular complexity index is 509. The summed E-state index contributed by atoms with van der Waals surface area (Å²) < 4.78 is 0. The molecule has 0 bridgehead atoms. The third-order valence-electron chi connectivity index (χ3n) is 2.92. The molecule has 2 N–H and O–H groups in total. The molecule has 1 atom stereocenters. The number of aromatic nitrogens is 1. The number of aliphatic hydroxyl groups excluding tert-OH is 1. The van der Waals surface area contributed by atoms with Gasteiger partial charge in [0, 0.05) is 18.3 Å². The van der Waals surface area contributed by atoms with Crippen LogP contribution in [0.4, 0.5) is 5.82 Å². The summed E-state index contributed by atoms with van der Waals surface area (Å²) in [4.78, 5) is 4.30. The fraction of sp³-hybridized carbons (Fsp3) is 0.267. The van der Waals surface area contributed by atoms with E-state index in [0.717, 1.165) is 23.5 Å². The average molecular weight is 242 g/mol. The molecule has 3 heteroatoms. The van der Waals surface area contributed by atoms with E-state index in [1.165, 1.54) is 5.56 Å². The first-order valence-electron chi connectivity index (χ1n) is 6.09. The maximum absolute atomic E-state index is 9.54. The normalized spacial score (nSPS) is 12.2. The Labute approximate surface area is 108 Å². The van der Waals surface area contributed by atoms with Crippen LogP contribution < -0.4 is 5.32 Å². The van der Waals surface area contributed by atoms with Gasteiger partial charge in [-0.25, -0.2) is 4.98 Å². The van der Waals surface area contributed by atoms with Crippen molar-refractivity contribution in [2.75, 3.05) is 5.32 Å². The molecule has 1 aromatic carbocycles. The number of pyridine rings is 1. The highest BCUT2D eigenvalue weighted by atomic mass is 16.3. The van der Waals surface area contributed by atoms with Crippen LogP contribution in [0.15, 0.2) is 42.6 Å². The van der Waals surface area contributed by atoms with Crippen molar-refractivity contribution in [1.29, 1.82) is 0 Å². The van der Waals surface area contributed by atoms with Crippen LogP contribution in [0.3, 0.4) is 0 Å². The number of rotatable bonds is 4. The van der Waals surface area contributed by atoms with Crippen LogP contribution in [0.1, 0.15) is 29.7 Å². The Morgan fingerprint density at radius 2 is 2.00 bits per heavy atom. The van der Waals surface area contributed by atoms with Gasteiger partial charge in [0.1, 0.15) is 5.82 Å². The minimum Gasteiger partial charge on any atom is -0.389 e. The van der Waals surface area contributed by atoms with Crippen molar-refractivity contribution in [2.45, 2.75) is 26.5 Å². The van der Waals surface area contributed by atoms with Crippen molar-refractivity contribution in [1.82, 2.24) is 4.98 Å². The van der Waals surface area contributed by atoms with Crippen LogP contribution in [0.2, 0.25) is 0 Å². The highest BCUT2D eigenvalue weighted by molar-refractivity contribution is 5.41. The highest BCUT2D eigenvalue weighted by Crippen LogP contribution is 2.18. The molecular weight excluding hydrogens is 224 g/mol. The Kier molecular flexibility index (Phi) is 3.95. The largest absolute Gasteiger partial charge is 0.389 e. The van der Waals surface area contributed by atoms with E-state index in [9.17, 15) is 5.11 Å². The van der Waals surface area contributed by atoms with Gasteiger partial charge in [-0.1, -0.05) is 30.3 Å². The molecule has 0 aliphatic rings. The van der Waals surface area contributed by atoms with Gasteiger partial charge in [0.15, 0.2) is 0 Å². The summed E-state index contributed by atoms with van der Waals surface area (Å²) >= 11 is 0. The van der Waals surface area contributed by atoms with Crippen molar-refractivity contribution in [2.24, 2.45) is 0 Å². The minimum absolute atomic E-state index is 0.472. The molecule has 2 aromatic rings. The van der Waals surface area contributed by atoms with Crippen LogP contribution >= 0.6 is 0 Å². The van der Waals surface area contributed by atoms with Crippen LogP contribution in [0.5, 0.6) is 0 Å². The van der Waals surface area contributed by atoms with Crippen molar-refractivity contribution in [3.63, 3.8) is 0 Å². The zero-order valence-electron chi connectivity index (χ0n) is 10.7. The second kappa shape index (κ2) is 5.65. The molecule has 0 unspecified atom stereocenters. The van der Waals surface area contributed by atoms with Gasteiger partial charge in [0.05, 0.1) is 6.10 Å². The van der Waals surface area contributed by atoms with E-state index < -0.39 is 6.10 Å². The van der Waals surface area contributed by atoms with E-state index in [-0.39, 0.29) is 0 Å². The highest BCUT2D eigenvalue weighted by Gasteiger charge is 2.06. The summed E-state index contributed by atoms with van der Waals surface area (Å²) in [6.07, 6.45) is 1.26. The Hall–Kier alpha value is -1.87. The van der Waals surface area contributed by atoms with Crippen LogP contribution in [0, 0.1) is 6.92 Å². The average Bonchev–Trinajstić information content (AvgIpc) is 2.37. The van der Waals surface area contributed by atoms with Crippen LogP contribution in [-0.2, 0) is 6.54 Å². The van der Waals surface area contributed by atoms with Crippen LogP contribution in [-0.4, -0.2) is 10.1 Å². The summed E-state index contributed by atoms with van der Waals surface area (Å²) in [5.41, 5.74) is 3.15. The van der Waals surface area contributed by atoms with E-state index in [0.29, 0.717) is 0 Å². The molecule has 0 fully saturated rings. The number of nitrogens with one attached hydrogen (secondary N) is 1. The maximum Gasteiger partial charge on any atom is 0.126 e. The monoisotopic (exact) mass is 242 g/mol. The van der Waals surface area contributed by atoms with Gasteiger partial charge in [-0.05, 0) is 31.0 Å². The maximum atomic E-state index is 9.54. The van der Waals surface area contributed by atoms with Crippen molar-refractivity contribution in [3.8, 4) is 0 Å². The number of nitrogens with zero attached hydrogens (tertiary/aromatic N) is 1. The molecule has 0 amide bonds. The lowest BCUT2D eigenvalue weighted by Crippen LogP contribution is -2.03. The molecule has 0 spiro atoms. The Balaban J connectivity index is 2.05. The van der Waals surface area contributed by atoms with Gasteiger partial charge < -0.3 is 10.4 Å². The first-order chi connectivity index (χ1) is 8.66. The number of benzene rings is 1. The molecular formula is C15H18N2O. The lowest BCUT2D eigenvalue weighted by Gasteiger charge is -2.11. The molecule has 3 nitrogen and oxygen atoms in total. The van der Waals surface area contributed by atoms with E-state index in [4.69, 9.17) is 0 Å². The van der Waals surface area contributed by atoms with E-state index in [2.05, 4.69) is 22.4 Å². The molecule has 0 saturated carbocycles. The second-order valence-corrected chi connectivity index (χ2v) is 4.44. The fourth-order valence-corrected chi connectivity index (χ4v) is 1.89. The van der Waals surface area contributed by atoms with E-state index >= 15 is 0 Å². The van der Waals surface area contributed by atoms with Gasteiger partial charge >= 0.3 is 0 Å². The second-order valence-electron chi connectivity index (χ2n) is 4.44. The third kappa shape index (κ3) is 3.08. The minimum atomic E-state index is -0.472. The Morgan fingerprint density at radius 3 is 2.61 bits per heavy atom. The predicted molar refractivity (Wildman–Crippen MR) is 73.4 cm³/mol. The molecule has 2 rings (SSSR count). The smallest absolute Gasteiger partial charge is 0.126 e. The van der Waals surface area contributed by atoms with Crippen molar-refractivity contribution < 1.29 is 5.11 Å². The molecule has 94 valence electrons. The Morgan fingerprint density at radius 1 is 1.28 bits per heavy atom. The summed E-state index contributed by atoms with van der Waals surface area (Å²) in [5, 5.41) is 12.8. The molecule has 0 saturated heterocycles. The van der Waals surface area contributed by atoms with E-state index in [1.54, 1.807) is 13.1 Å². The molecule has 1 heterocycles. The topological polar surface area (TPSA) is 45.2 Å². The predicted octanol–water partition coefficient (Wildman–Crippen LogP) is 3.06. The first kappa shape index (κ1) is 12.6. The standard InChI is InChI=1S/C15H18N2O/c1-11-8-15(17-10-14(11)12(2)18)16-9-13-6-4-3-5-7-13/h3-8,10,12,18H,9H2,1-2H3,(H,16,17)/t12-/m1/s1. The van der Waals surface area contributed by atoms with Gasteiger partial charge in [-0.2, -0.15) is 0 Å². The van der Waals surface area contributed by atoms with Crippen LogP contribution in [0.25, 0.3) is 0 Å². The van der Waals surface area contributed by atoms with Gasteiger partial charge in [0.2, 0.25) is 0 Å². The molecule has 0 aliphatic carbocycles. The zero-order chi connectivity index (χ0) is 13.0. The number of aliphatic hydroxyl groups is 1. The summed E-state index contributed by atoms with van der Waals surface area (Å²) in [6, 6.07) is 12.2. The quantitative estimate of drug-likeness (QED) is 0.866. The molecule has 18 heavy (non-hydrogen) atoms. The first-order valence-corrected chi connectivity index (χ1v) is 6.09. The zero-order valence-corrected chi connectivity index (χ0v) is 10.7. The fourth-order valence-electron chi connectivity index (χ4n) is 1.89. The van der Waals surface area contributed by atoms with Crippen molar-refractivity contribution >= 4 is 5.82 Å². The van der Waals surface area contributed by atoms with Gasteiger partial charge in [-0.15, -0.1) is 0 Å². The lowest BCUT2D eigenvalue weighted by molar-refractivity contribution is 0.198. The third-order valence-corrected chi connectivity index (χ3v) is 2.92. The van der Waals surface area contributed by atoms with Gasteiger partial charge in [0.25, 0.3) is 0 Å². The number of hydrogen-bond donors (Lipinski definition) is 2. The molecule has 1 aromatic heterocycles. The van der Waals surface area contributed by atoms with Crippen molar-refractivity contribution in [3.05, 3.63) is 59.3 Å². The number of aryl methyl sites for hydroxylation is 1. The van der Waals surface area contributed by atoms with E-state index in [1.807, 2.05) is 31.2 Å². The lowest BCUT2D eigenvalue weighted by atomic mass is 10.1. The molecule has 0 radical (unpaired) electrons.